The van der Waals surface area contributed by atoms with Gasteiger partial charge in [-0.3, -0.25) is 24.7 Å². The number of nitrogens with one attached hydrogen (secondary N) is 1. The fourth-order valence-electron chi connectivity index (χ4n) is 4.27. The number of aryl methyl sites for hydroxylation is 1. The van der Waals surface area contributed by atoms with Crippen LogP contribution in [0.1, 0.15) is 34.3 Å². The van der Waals surface area contributed by atoms with Gasteiger partial charge in [0.2, 0.25) is 11.8 Å². The Hall–Kier alpha value is -4.02. The van der Waals surface area contributed by atoms with Crippen molar-refractivity contribution in [2.24, 2.45) is 7.05 Å². The molecule has 5 rings (SSSR count). The predicted octanol–water partition coefficient (Wildman–Crippen LogP) is 2.93. The summed E-state index contributed by atoms with van der Waals surface area (Å²) >= 11 is 0. The maximum atomic E-state index is 12.9. The number of benzene rings is 1. The highest BCUT2D eigenvalue weighted by Gasteiger charge is 2.39. The van der Waals surface area contributed by atoms with Crippen LogP contribution in [0.5, 0.6) is 0 Å². The SMILES string of the molecule is Cn1cc(-c2cc3c(cn2)C(=O)N(C2CCC(=O)NC2=O)C3)nc1-c1ccc(C(F)(F)F)cc1. The zero-order valence-electron chi connectivity index (χ0n) is 17.9. The van der Waals surface area contributed by atoms with Crippen LogP contribution >= 0.6 is 0 Å². The minimum absolute atomic E-state index is 0.167. The Labute approximate surface area is 191 Å². The van der Waals surface area contributed by atoms with Crippen molar-refractivity contribution in [3.8, 4) is 22.8 Å². The first kappa shape index (κ1) is 21.8. The third-order valence-electron chi connectivity index (χ3n) is 6.02. The van der Waals surface area contributed by atoms with Gasteiger partial charge >= 0.3 is 6.18 Å². The summed E-state index contributed by atoms with van der Waals surface area (Å²) in [7, 11) is 1.73. The van der Waals surface area contributed by atoms with Crippen molar-refractivity contribution < 1.29 is 27.6 Å². The predicted molar refractivity (Wildman–Crippen MR) is 113 cm³/mol. The molecule has 0 saturated carbocycles. The Morgan fingerprint density at radius 3 is 2.50 bits per heavy atom. The van der Waals surface area contributed by atoms with Crippen LogP contribution < -0.4 is 5.32 Å². The summed E-state index contributed by atoms with van der Waals surface area (Å²) in [5.41, 5.74) is 1.82. The molecule has 2 aromatic heterocycles. The summed E-state index contributed by atoms with van der Waals surface area (Å²) in [6, 6.07) is 5.74. The lowest BCUT2D eigenvalue weighted by Gasteiger charge is -2.29. The standard InChI is InChI=1S/C23H18F3N5O3/c1-30-11-17(28-20(30)12-2-4-14(5-3-12)23(24,25)26)16-8-13-10-31(22(34)15(13)9-27-16)18-6-7-19(32)29-21(18)33/h2-5,8-9,11,18H,6-7,10H2,1H3,(H,29,32,33). The van der Waals surface area contributed by atoms with Crippen LogP contribution in [0.2, 0.25) is 0 Å². The van der Waals surface area contributed by atoms with Gasteiger partial charge in [-0.15, -0.1) is 0 Å². The topological polar surface area (TPSA) is 97.2 Å². The number of fused-ring (bicyclic) bond motifs is 1. The van der Waals surface area contributed by atoms with E-state index in [0.29, 0.717) is 33.9 Å². The minimum atomic E-state index is -4.42. The molecule has 1 atom stereocenters. The zero-order chi connectivity index (χ0) is 24.2. The lowest BCUT2D eigenvalue weighted by molar-refractivity contribution is -0.138. The monoisotopic (exact) mass is 469 g/mol. The number of piperidine rings is 1. The number of imide groups is 1. The van der Waals surface area contributed by atoms with Crippen LogP contribution in [0.4, 0.5) is 13.2 Å². The van der Waals surface area contributed by atoms with Crippen LogP contribution in [0, 0.1) is 0 Å². The second-order valence-corrected chi connectivity index (χ2v) is 8.26. The van der Waals surface area contributed by atoms with Gasteiger partial charge in [-0.1, -0.05) is 12.1 Å². The molecule has 1 unspecified atom stereocenters. The molecule has 3 amide bonds. The lowest BCUT2D eigenvalue weighted by atomic mass is 10.0. The van der Waals surface area contributed by atoms with E-state index >= 15 is 0 Å². The molecule has 0 spiro atoms. The van der Waals surface area contributed by atoms with Crippen LogP contribution in [-0.4, -0.2) is 43.2 Å². The van der Waals surface area contributed by atoms with Gasteiger partial charge in [0.15, 0.2) is 0 Å². The minimum Gasteiger partial charge on any atom is -0.333 e. The number of aromatic nitrogens is 3. The largest absolute Gasteiger partial charge is 0.416 e. The van der Waals surface area contributed by atoms with Crippen LogP contribution in [-0.2, 0) is 29.4 Å². The van der Waals surface area contributed by atoms with E-state index in [1.54, 1.807) is 23.9 Å². The van der Waals surface area contributed by atoms with Gasteiger partial charge in [0.25, 0.3) is 5.91 Å². The fourth-order valence-corrected chi connectivity index (χ4v) is 4.27. The molecule has 8 nitrogen and oxygen atoms in total. The van der Waals surface area contributed by atoms with Gasteiger partial charge in [-0.05, 0) is 30.2 Å². The van der Waals surface area contributed by atoms with Crippen molar-refractivity contribution in [2.45, 2.75) is 31.6 Å². The van der Waals surface area contributed by atoms with Gasteiger partial charge < -0.3 is 9.47 Å². The summed E-state index contributed by atoms with van der Waals surface area (Å²) < 4.78 is 40.3. The molecule has 2 aliphatic heterocycles. The molecule has 0 bridgehead atoms. The summed E-state index contributed by atoms with van der Waals surface area (Å²) in [6.07, 6.45) is -0.845. The normalized spacial score (nSPS) is 18.3. The highest BCUT2D eigenvalue weighted by molar-refractivity contribution is 6.05. The third-order valence-corrected chi connectivity index (χ3v) is 6.02. The Kier molecular flexibility index (Phi) is 4.99. The Morgan fingerprint density at radius 1 is 1.09 bits per heavy atom. The number of halogens is 3. The molecule has 1 saturated heterocycles. The number of carbonyl (C=O) groups excluding carboxylic acids is 3. The molecule has 2 aliphatic rings. The van der Waals surface area contributed by atoms with Crippen molar-refractivity contribution in [1.82, 2.24) is 24.8 Å². The van der Waals surface area contributed by atoms with E-state index in [4.69, 9.17) is 0 Å². The zero-order valence-corrected chi connectivity index (χ0v) is 17.9. The van der Waals surface area contributed by atoms with E-state index in [1.165, 1.54) is 23.2 Å². The van der Waals surface area contributed by atoms with Crippen molar-refractivity contribution in [1.29, 1.82) is 0 Å². The van der Waals surface area contributed by atoms with Gasteiger partial charge in [0.1, 0.15) is 17.6 Å². The molecule has 1 N–H and O–H groups in total. The molecular formula is C23H18F3N5O3. The second kappa shape index (κ2) is 7.79. The number of hydrogen-bond donors (Lipinski definition) is 1. The number of alkyl halides is 3. The molecule has 3 aromatic rings. The van der Waals surface area contributed by atoms with Crippen molar-refractivity contribution >= 4 is 17.7 Å². The van der Waals surface area contributed by atoms with Crippen molar-refractivity contribution in [2.75, 3.05) is 0 Å². The van der Waals surface area contributed by atoms with Gasteiger partial charge in [0.05, 0.1) is 16.8 Å². The number of amides is 3. The molecule has 174 valence electrons. The highest BCUT2D eigenvalue weighted by Crippen LogP contribution is 2.32. The molecule has 0 aliphatic carbocycles. The molecule has 34 heavy (non-hydrogen) atoms. The summed E-state index contributed by atoms with van der Waals surface area (Å²) in [6.45, 7) is 0.203. The number of nitrogens with zero attached hydrogens (tertiary/aromatic N) is 4. The van der Waals surface area contributed by atoms with E-state index < -0.39 is 23.7 Å². The maximum Gasteiger partial charge on any atom is 0.416 e. The molecule has 11 heteroatoms. The first-order valence-corrected chi connectivity index (χ1v) is 10.5. The van der Waals surface area contributed by atoms with Gasteiger partial charge in [-0.2, -0.15) is 13.2 Å². The number of carbonyl (C=O) groups is 3. The molecule has 1 aromatic carbocycles. The smallest absolute Gasteiger partial charge is 0.333 e. The average Bonchev–Trinajstić information content (AvgIpc) is 3.33. The average molecular weight is 469 g/mol. The third kappa shape index (κ3) is 3.72. The lowest BCUT2D eigenvalue weighted by Crippen LogP contribution is -2.52. The number of pyridine rings is 1. The highest BCUT2D eigenvalue weighted by atomic mass is 19.4. The summed E-state index contributed by atoms with van der Waals surface area (Å²) in [4.78, 5) is 46.8. The van der Waals surface area contributed by atoms with Crippen molar-refractivity contribution in [3.05, 3.63) is 59.4 Å². The van der Waals surface area contributed by atoms with Gasteiger partial charge in [-0.25, -0.2) is 4.98 Å². The first-order chi connectivity index (χ1) is 16.1. The van der Waals surface area contributed by atoms with E-state index in [0.717, 1.165) is 12.1 Å². The first-order valence-electron chi connectivity index (χ1n) is 10.5. The number of hydrogen-bond acceptors (Lipinski definition) is 5. The number of imidazole rings is 1. The summed E-state index contributed by atoms with van der Waals surface area (Å²) in [5, 5.41) is 2.26. The molecular weight excluding hydrogens is 451 g/mol. The second-order valence-electron chi connectivity index (χ2n) is 8.26. The number of rotatable bonds is 3. The Balaban J connectivity index is 1.41. The maximum absolute atomic E-state index is 12.9. The van der Waals surface area contributed by atoms with E-state index in [1.807, 2.05) is 0 Å². The van der Waals surface area contributed by atoms with E-state index in [2.05, 4.69) is 15.3 Å². The molecule has 4 heterocycles. The van der Waals surface area contributed by atoms with Crippen LogP contribution in [0.3, 0.4) is 0 Å². The fraction of sp³-hybridized carbons (Fsp3) is 0.261. The summed E-state index contributed by atoms with van der Waals surface area (Å²) in [5.74, 6) is -0.702. The van der Waals surface area contributed by atoms with E-state index in [-0.39, 0.29) is 31.2 Å². The Morgan fingerprint density at radius 2 is 1.82 bits per heavy atom. The van der Waals surface area contributed by atoms with Crippen LogP contribution in [0.25, 0.3) is 22.8 Å². The molecule has 0 radical (unpaired) electrons. The van der Waals surface area contributed by atoms with Crippen LogP contribution in [0.15, 0.2) is 42.7 Å². The van der Waals surface area contributed by atoms with Gasteiger partial charge in [0, 0.05) is 38.0 Å². The van der Waals surface area contributed by atoms with Crippen molar-refractivity contribution in [3.63, 3.8) is 0 Å². The quantitative estimate of drug-likeness (QED) is 0.595. The molecule has 1 fully saturated rings. The Bertz CT molecular complexity index is 1330. The van der Waals surface area contributed by atoms with E-state index in [9.17, 15) is 27.6 Å².